The van der Waals surface area contributed by atoms with Crippen LogP contribution in [0.4, 0.5) is 0 Å². The molecule has 6 rings (SSSR count). The molecule has 1 aliphatic heterocycles. The number of ether oxygens (including phenoxy) is 1. The second-order valence-electron chi connectivity index (χ2n) is 13.1. The molecule has 1 aromatic rings. The van der Waals surface area contributed by atoms with Crippen LogP contribution < -0.4 is 0 Å². The number of hydrogen-bond donors (Lipinski definition) is 1. The molecule has 204 valence electrons. The van der Waals surface area contributed by atoms with Crippen LogP contribution in [0.15, 0.2) is 41.6 Å². The standard InChI is InChI=1S/C32H41NO5/c1-20(35)37-23-13-15-30(2)22(17-23)10-11-24-25(30)14-16-31(3)26(24)18-27-28(12-9-21-7-5-4-6-8-21)33-38-32(27,31)29(36)19-34/h4-9,12,22-27,34H,10-11,13-19H2,1-3H3/b12-9-/t22-,23-,24?,25?,26?,27-,30-,31-,32-/m0/s1. The number of benzene rings is 1. The third-order valence-corrected chi connectivity index (χ3v) is 11.6. The van der Waals surface area contributed by atoms with E-state index in [1.54, 1.807) is 0 Å². The first-order valence-corrected chi connectivity index (χ1v) is 14.5. The monoisotopic (exact) mass is 519 g/mol. The van der Waals surface area contributed by atoms with Crippen LogP contribution in [0.3, 0.4) is 0 Å². The minimum absolute atomic E-state index is 0.0517. The first-order chi connectivity index (χ1) is 18.2. The molecule has 0 bridgehead atoms. The molecule has 1 N–H and O–H groups in total. The number of esters is 1. The Bertz CT molecular complexity index is 1160. The lowest BCUT2D eigenvalue weighted by Crippen LogP contribution is -2.60. The van der Waals surface area contributed by atoms with Crippen LogP contribution in [0.5, 0.6) is 0 Å². The number of carbonyl (C=O) groups is 2. The van der Waals surface area contributed by atoms with Gasteiger partial charge in [0.05, 0.1) is 11.6 Å². The van der Waals surface area contributed by atoms with Crippen molar-refractivity contribution in [3.8, 4) is 0 Å². The van der Waals surface area contributed by atoms with Gasteiger partial charge in [0.2, 0.25) is 11.4 Å². The van der Waals surface area contributed by atoms with Crippen LogP contribution in [-0.4, -0.2) is 40.9 Å². The molecule has 38 heavy (non-hydrogen) atoms. The third-order valence-electron chi connectivity index (χ3n) is 11.6. The van der Waals surface area contributed by atoms with Crippen molar-refractivity contribution in [2.75, 3.05) is 6.61 Å². The van der Waals surface area contributed by atoms with Gasteiger partial charge in [-0.05, 0) is 92.1 Å². The smallest absolute Gasteiger partial charge is 0.302 e. The summed E-state index contributed by atoms with van der Waals surface area (Å²) in [4.78, 5) is 31.4. The zero-order valence-corrected chi connectivity index (χ0v) is 22.9. The topological polar surface area (TPSA) is 85.2 Å². The van der Waals surface area contributed by atoms with E-state index in [1.807, 2.05) is 30.4 Å². The molecule has 0 amide bonds. The quantitative estimate of drug-likeness (QED) is 0.513. The maximum Gasteiger partial charge on any atom is 0.302 e. The first-order valence-electron chi connectivity index (χ1n) is 14.5. The van der Waals surface area contributed by atoms with Crippen molar-refractivity contribution >= 4 is 23.5 Å². The van der Waals surface area contributed by atoms with Gasteiger partial charge < -0.3 is 14.7 Å². The number of hydrogen-bond acceptors (Lipinski definition) is 6. The van der Waals surface area contributed by atoms with E-state index in [1.165, 1.54) is 6.92 Å². The predicted molar refractivity (Wildman–Crippen MR) is 145 cm³/mol. The molecule has 0 radical (unpaired) electrons. The van der Waals surface area contributed by atoms with Gasteiger partial charge in [-0.2, -0.15) is 0 Å². The van der Waals surface area contributed by atoms with Crippen LogP contribution in [0.1, 0.15) is 77.7 Å². The molecule has 3 unspecified atom stereocenters. The molecule has 0 saturated heterocycles. The van der Waals surface area contributed by atoms with Crippen LogP contribution >= 0.6 is 0 Å². The Labute approximate surface area is 225 Å². The number of aliphatic hydroxyl groups excluding tert-OH is 1. The summed E-state index contributed by atoms with van der Waals surface area (Å²) in [6, 6.07) is 10.1. The first kappa shape index (κ1) is 25.8. The highest BCUT2D eigenvalue weighted by molar-refractivity contribution is 6.07. The minimum atomic E-state index is -1.08. The molecule has 6 heteroatoms. The highest BCUT2D eigenvalue weighted by Crippen LogP contribution is 2.71. The maximum absolute atomic E-state index is 13.6. The van der Waals surface area contributed by atoms with Crippen molar-refractivity contribution in [1.82, 2.24) is 0 Å². The fraction of sp³-hybridized carbons (Fsp3) is 0.656. The molecule has 1 aromatic carbocycles. The van der Waals surface area contributed by atoms with Crippen LogP contribution in [0, 0.1) is 40.4 Å². The van der Waals surface area contributed by atoms with Gasteiger partial charge in [0.1, 0.15) is 12.7 Å². The van der Waals surface area contributed by atoms with E-state index < -0.39 is 12.2 Å². The van der Waals surface area contributed by atoms with Gasteiger partial charge in [-0.25, -0.2) is 0 Å². The largest absolute Gasteiger partial charge is 0.463 e. The second kappa shape index (κ2) is 9.32. The van der Waals surface area contributed by atoms with E-state index in [9.17, 15) is 14.7 Å². The molecule has 4 aliphatic carbocycles. The average molecular weight is 520 g/mol. The normalized spacial score (nSPS) is 43.3. The van der Waals surface area contributed by atoms with Crippen LogP contribution in [-0.2, 0) is 19.2 Å². The zero-order chi connectivity index (χ0) is 26.7. The molecule has 0 spiro atoms. The molecule has 9 atom stereocenters. The van der Waals surface area contributed by atoms with Crippen LogP contribution in [0.2, 0.25) is 0 Å². The molecule has 0 aromatic heterocycles. The SMILES string of the molecule is CC(=O)O[C@H]1CC[C@]2(C)C3CC[C@@]4(C)C(C[C@H]5C(/C=C\c6ccccc6)=NO[C@]54C(=O)CO)C3CC[C@H]2C1. The molecular weight excluding hydrogens is 478 g/mol. The van der Waals surface area contributed by atoms with Gasteiger partial charge in [0, 0.05) is 12.3 Å². The highest BCUT2D eigenvalue weighted by Gasteiger charge is 2.74. The lowest BCUT2D eigenvalue weighted by atomic mass is 9.44. The Morgan fingerprint density at radius 1 is 1.05 bits per heavy atom. The number of fused-ring (bicyclic) bond motifs is 7. The number of oxime groups is 1. The van der Waals surface area contributed by atoms with E-state index in [4.69, 9.17) is 9.57 Å². The van der Waals surface area contributed by atoms with Gasteiger partial charge in [-0.1, -0.05) is 55.4 Å². The lowest BCUT2D eigenvalue weighted by molar-refractivity contribution is -0.188. The van der Waals surface area contributed by atoms with Crippen LogP contribution in [0.25, 0.3) is 6.08 Å². The summed E-state index contributed by atoms with van der Waals surface area (Å²) in [5, 5.41) is 14.6. The van der Waals surface area contributed by atoms with Crippen molar-refractivity contribution in [2.24, 2.45) is 45.6 Å². The Balaban J connectivity index is 1.29. The van der Waals surface area contributed by atoms with E-state index in [2.05, 4.69) is 31.1 Å². The Kier molecular flexibility index (Phi) is 6.33. The number of aliphatic hydroxyl groups is 1. The van der Waals surface area contributed by atoms with Gasteiger partial charge in [0.15, 0.2) is 0 Å². The molecule has 6 nitrogen and oxygen atoms in total. The fourth-order valence-corrected chi connectivity index (χ4v) is 9.85. The zero-order valence-electron chi connectivity index (χ0n) is 22.9. The summed E-state index contributed by atoms with van der Waals surface area (Å²) >= 11 is 0. The lowest BCUT2D eigenvalue weighted by Gasteiger charge is -2.61. The molecule has 1 heterocycles. The van der Waals surface area contributed by atoms with Gasteiger partial charge in [-0.3, -0.25) is 9.59 Å². The number of nitrogens with zero attached hydrogens (tertiary/aromatic N) is 1. The average Bonchev–Trinajstić information content (AvgIpc) is 3.41. The summed E-state index contributed by atoms with van der Waals surface area (Å²) < 4.78 is 5.64. The maximum atomic E-state index is 13.6. The molecular formula is C32H41NO5. The Morgan fingerprint density at radius 3 is 2.58 bits per heavy atom. The summed E-state index contributed by atoms with van der Waals surface area (Å²) in [6.45, 7) is 5.72. The number of Topliss-reactive ketones (excluding diaryl/α,β-unsaturated/α-hetero) is 1. The van der Waals surface area contributed by atoms with Gasteiger partial charge in [0.25, 0.3) is 0 Å². The van der Waals surface area contributed by atoms with Crippen molar-refractivity contribution in [1.29, 1.82) is 0 Å². The predicted octanol–water partition coefficient (Wildman–Crippen LogP) is 5.59. The summed E-state index contributed by atoms with van der Waals surface area (Å²) in [5.74, 6) is 1.51. The molecule has 5 aliphatic rings. The van der Waals surface area contributed by atoms with E-state index in [0.717, 1.165) is 62.6 Å². The molecule has 4 fully saturated rings. The summed E-state index contributed by atoms with van der Waals surface area (Å²) in [6.07, 6.45) is 12.2. The van der Waals surface area contributed by atoms with E-state index >= 15 is 0 Å². The Hall–Kier alpha value is -2.47. The van der Waals surface area contributed by atoms with Gasteiger partial charge in [-0.15, -0.1) is 0 Å². The van der Waals surface area contributed by atoms with Crippen molar-refractivity contribution in [3.63, 3.8) is 0 Å². The second-order valence-corrected chi connectivity index (χ2v) is 13.1. The van der Waals surface area contributed by atoms with Crippen molar-refractivity contribution in [2.45, 2.75) is 83.8 Å². The van der Waals surface area contributed by atoms with E-state index in [-0.39, 0.29) is 34.6 Å². The highest BCUT2D eigenvalue weighted by atomic mass is 16.7. The van der Waals surface area contributed by atoms with Crippen molar-refractivity contribution < 1.29 is 24.3 Å². The molecule has 4 saturated carbocycles. The third kappa shape index (κ3) is 3.65. The Morgan fingerprint density at radius 2 is 1.84 bits per heavy atom. The summed E-state index contributed by atoms with van der Waals surface area (Å²) in [7, 11) is 0. The fourth-order valence-electron chi connectivity index (χ4n) is 9.85. The van der Waals surface area contributed by atoms with E-state index in [0.29, 0.717) is 23.7 Å². The van der Waals surface area contributed by atoms with Gasteiger partial charge >= 0.3 is 5.97 Å². The number of carbonyl (C=O) groups excluding carboxylic acids is 2. The van der Waals surface area contributed by atoms with Crippen molar-refractivity contribution in [3.05, 3.63) is 42.0 Å². The number of allylic oxidation sites excluding steroid dienone is 1. The number of ketones is 1. The number of rotatable bonds is 5. The minimum Gasteiger partial charge on any atom is -0.463 e. The summed E-state index contributed by atoms with van der Waals surface area (Å²) in [5.41, 5.74) is 0.696.